The Bertz CT molecular complexity index is 1860. The fraction of sp³-hybridized carbons (Fsp3) is 0.0333. The van der Waals surface area contributed by atoms with E-state index in [-0.39, 0.29) is 0 Å². The van der Waals surface area contributed by atoms with Crippen LogP contribution in [0.2, 0.25) is 0 Å². The third-order valence-corrected chi connectivity index (χ3v) is 7.19. The molecule has 0 unspecified atom stereocenters. The van der Waals surface area contributed by atoms with Gasteiger partial charge >= 0.3 is 0 Å². The summed E-state index contributed by atoms with van der Waals surface area (Å²) < 4.78 is 10.7. The van der Waals surface area contributed by atoms with Gasteiger partial charge in [-0.3, -0.25) is 0 Å². The Morgan fingerprint density at radius 2 is 1.49 bits per heavy atom. The maximum Gasteiger partial charge on any atom is 0.183 e. The Morgan fingerprint density at radius 3 is 2.22 bits per heavy atom. The Hall–Kier alpha value is -4.49. The highest BCUT2D eigenvalue weighted by atomic mass is 79.9. The first-order chi connectivity index (χ1) is 18.3. The molecule has 0 N–H and O–H groups in total. The van der Waals surface area contributed by atoms with Crippen molar-refractivity contribution in [3.63, 3.8) is 0 Å². The van der Waals surface area contributed by atoms with Crippen molar-refractivity contribution in [1.29, 1.82) is 0 Å². The second kappa shape index (κ2) is 8.87. The normalized spacial score (nSPS) is 11.5. The quantitative estimate of drug-likeness (QED) is 0.225. The molecule has 0 saturated heterocycles. The molecule has 7 heteroatoms. The fourth-order valence-electron chi connectivity index (χ4n) is 4.89. The molecular formula is C30H20BrN5O. The maximum absolute atomic E-state index is 5.77. The van der Waals surface area contributed by atoms with Gasteiger partial charge < -0.3 is 8.98 Å². The van der Waals surface area contributed by atoms with Crippen molar-refractivity contribution in [2.75, 3.05) is 0 Å². The molecule has 178 valence electrons. The van der Waals surface area contributed by atoms with E-state index < -0.39 is 0 Å². The van der Waals surface area contributed by atoms with Crippen LogP contribution in [-0.4, -0.2) is 24.1 Å². The van der Waals surface area contributed by atoms with Crippen LogP contribution in [0.3, 0.4) is 0 Å². The van der Waals surface area contributed by atoms with E-state index in [0.717, 1.165) is 54.9 Å². The van der Waals surface area contributed by atoms with Gasteiger partial charge in [0.15, 0.2) is 11.5 Å². The number of furan rings is 1. The maximum atomic E-state index is 5.77. The van der Waals surface area contributed by atoms with E-state index in [0.29, 0.717) is 12.4 Å². The summed E-state index contributed by atoms with van der Waals surface area (Å²) in [4.78, 5) is 9.97. The van der Waals surface area contributed by atoms with Gasteiger partial charge in [-0.05, 0) is 35.4 Å². The van der Waals surface area contributed by atoms with E-state index in [1.54, 1.807) is 17.1 Å². The first-order valence-electron chi connectivity index (χ1n) is 11.9. The Morgan fingerprint density at radius 1 is 0.757 bits per heavy atom. The van der Waals surface area contributed by atoms with Gasteiger partial charge in [0.05, 0.1) is 23.9 Å². The summed E-state index contributed by atoms with van der Waals surface area (Å²) >= 11 is 3.65. The molecule has 4 heterocycles. The van der Waals surface area contributed by atoms with Crippen LogP contribution in [0.15, 0.2) is 119 Å². The summed E-state index contributed by atoms with van der Waals surface area (Å²) in [6.45, 7) is 0.537. The van der Waals surface area contributed by atoms with Crippen LogP contribution in [0.25, 0.3) is 50.5 Å². The lowest BCUT2D eigenvalue weighted by Gasteiger charge is -2.11. The van der Waals surface area contributed by atoms with Crippen molar-refractivity contribution in [1.82, 2.24) is 24.1 Å². The number of fused-ring (bicyclic) bond motifs is 3. The highest BCUT2D eigenvalue weighted by Crippen LogP contribution is 2.42. The number of benzene rings is 3. The van der Waals surface area contributed by atoms with Gasteiger partial charge in [0.1, 0.15) is 17.7 Å². The second-order valence-corrected chi connectivity index (χ2v) is 9.60. The number of nitrogens with zero attached hydrogens (tertiary/aromatic N) is 5. The van der Waals surface area contributed by atoms with E-state index in [1.807, 2.05) is 48.5 Å². The van der Waals surface area contributed by atoms with Crippen LogP contribution in [-0.2, 0) is 6.54 Å². The largest absolute Gasteiger partial charge is 0.467 e. The predicted octanol–water partition coefficient (Wildman–Crippen LogP) is 7.48. The predicted molar refractivity (Wildman–Crippen MR) is 148 cm³/mol. The zero-order chi connectivity index (χ0) is 24.8. The number of aromatic nitrogens is 5. The van der Waals surface area contributed by atoms with E-state index in [2.05, 4.69) is 69.0 Å². The molecule has 0 aliphatic rings. The Labute approximate surface area is 221 Å². The zero-order valence-corrected chi connectivity index (χ0v) is 21.2. The van der Waals surface area contributed by atoms with E-state index in [4.69, 9.17) is 19.5 Å². The van der Waals surface area contributed by atoms with Crippen molar-refractivity contribution in [2.24, 2.45) is 0 Å². The molecule has 3 aromatic carbocycles. The average Bonchev–Trinajstić information content (AvgIpc) is 3.68. The Balaban J connectivity index is 1.61. The first-order valence-corrected chi connectivity index (χ1v) is 12.7. The van der Waals surface area contributed by atoms with Crippen LogP contribution in [0.5, 0.6) is 0 Å². The van der Waals surface area contributed by atoms with Crippen molar-refractivity contribution < 1.29 is 4.42 Å². The van der Waals surface area contributed by atoms with Crippen molar-refractivity contribution in [3.8, 4) is 33.8 Å². The zero-order valence-electron chi connectivity index (χ0n) is 19.6. The molecule has 7 rings (SSSR count). The smallest absolute Gasteiger partial charge is 0.183 e. The molecule has 0 radical (unpaired) electrons. The fourth-order valence-corrected chi connectivity index (χ4v) is 5.35. The summed E-state index contributed by atoms with van der Waals surface area (Å²) in [6, 6.07) is 32.7. The van der Waals surface area contributed by atoms with Crippen LogP contribution >= 0.6 is 15.9 Å². The molecule has 4 aromatic heterocycles. The molecule has 0 amide bonds. The van der Waals surface area contributed by atoms with E-state index in [9.17, 15) is 0 Å². The molecule has 7 aromatic rings. The van der Waals surface area contributed by atoms with Crippen molar-refractivity contribution >= 4 is 32.6 Å². The number of hydrogen-bond donors (Lipinski definition) is 0. The van der Waals surface area contributed by atoms with Gasteiger partial charge in [-0.2, -0.15) is 0 Å². The average molecular weight is 546 g/mol. The molecule has 37 heavy (non-hydrogen) atoms. The molecule has 0 aliphatic carbocycles. The molecule has 0 saturated carbocycles. The minimum Gasteiger partial charge on any atom is -0.467 e. The van der Waals surface area contributed by atoms with Crippen LogP contribution in [0.4, 0.5) is 0 Å². The number of rotatable bonds is 5. The Kier molecular flexibility index (Phi) is 5.22. The van der Waals surface area contributed by atoms with Gasteiger partial charge in [0, 0.05) is 15.6 Å². The summed E-state index contributed by atoms with van der Waals surface area (Å²) in [5, 5.41) is 5.75. The SMILES string of the molecule is Brc1ccccc1-c1nc2c3c(-c4ccccc4)c(-c4ccccc4)n(Cc4ccco4)c3ncn2n1. The van der Waals surface area contributed by atoms with E-state index >= 15 is 0 Å². The molecule has 0 aliphatic heterocycles. The lowest BCUT2D eigenvalue weighted by atomic mass is 9.99. The van der Waals surface area contributed by atoms with Crippen LogP contribution in [0.1, 0.15) is 5.76 Å². The standard InChI is InChI=1S/C30H20BrN5O/c31-24-16-8-7-15-23(24)28-33-30-26-25(20-10-3-1-4-11-20)27(21-12-5-2-6-13-21)35(18-22-14-9-17-37-22)29(26)32-19-36(30)34-28/h1-17,19H,18H2. The molecule has 0 bridgehead atoms. The minimum absolute atomic E-state index is 0.537. The van der Waals surface area contributed by atoms with Crippen LogP contribution < -0.4 is 0 Å². The van der Waals surface area contributed by atoms with Gasteiger partial charge in [-0.25, -0.2) is 14.5 Å². The third kappa shape index (κ3) is 3.67. The lowest BCUT2D eigenvalue weighted by Crippen LogP contribution is -2.03. The van der Waals surface area contributed by atoms with Gasteiger partial charge in [-0.15, -0.1) is 5.10 Å². The summed E-state index contributed by atoms with van der Waals surface area (Å²) in [6.07, 6.45) is 3.45. The van der Waals surface area contributed by atoms with Gasteiger partial charge in [-0.1, -0.05) is 88.7 Å². The highest BCUT2D eigenvalue weighted by molar-refractivity contribution is 9.10. The lowest BCUT2D eigenvalue weighted by molar-refractivity contribution is 0.497. The molecule has 0 atom stereocenters. The van der Waals surface area contributed by atoms with E-state index in [1.165, 1.54) is 0 Å². The summed E-state index contributed by atoms with van der Waals surface area (Å²) in [7, 11) is 0. The molecule has 0 fully saturated rings. The summed E-state index contributed by atoms with van der Waals surface area (Å²) in [5.41, 5.74) is 6.82. The molecule has 6 nitrogen and oxygen atoms in total. The number of halogens is 1. The van der Waals surface area contributed by atoms with Gasteiger partial charge in [0.25, 0.3) is 0 Å². The van der Waals surface area contributed by atoms with Crippen LogP contribution in [0, 0.1) is 0 Å². The highest BCUT2D eigenvalue weighted by Gasteiger charge is 2.25. The van der Waals surface area contributed by atoms with Crippen molar-refractivity contribution in [3.05, 3.63) is 120 Å². The monoisotopic (exact) mass is 545 g/mol. The third-order valence-electron chi connectivity index (χ3n) is 6.50. The second-order valence-electron chi connectivity index (χ2n) is 8.75. The minimum atomic E-state index is 0.537. The topological polar surface area (TPSA) is 61.2 Å². The van der Waals surface area contributed by atoms with Crippen molar-refractivity contribution in [2.45, 2.75) is 6.54 Å². The number of hydrogen-bond acceptors (Lipinski definition) is 4. The summed E-state index contributed by atoms with van der Waals surface area (Å²) in [5.74, 6) is 1.49. The molecular weight excluding hydrogens is 526 g/mol. The van der Waals surface area contributed by atoms with Gasteiger partial charge in [0.2, 0.25) is 0 Å². The molecule has 0 spiro atoms. The first kappa shape index (κ1) is 21.8.